The van der Waals surface area contributed by atoms with Gasteiger partial charge in [-0.1, -0.05) is 51.0 Å². The first kappa shape index (κ1) is 13.0. The van der Waals surface area contributed by atoms with Crippen molar-refractivity contribution in [3.8, 4) is 0 Å². The van der Waals surface area contributed by atoms with Gasteiger partial charge in [-0.15, -0.1) is 0 Å². The predicted octanol–water partition coefficient (Wildman–Crippen LogP) is 4.09. The molecule has 1 atom stereocenters. The molecule has 1 N–H and O–H groups in total. The quantitative estimate of drug-likeness (QED) is 0.857. The maximum absolute atomic E-state index is 10.4. The Morgan fingerprint density at radius 2 is 1.83 bits per heavy atom. The number of hydrogen-bond acceptors (Lipinski definition) is 2. The highest BCUT2D eigenvalue weighted by Gasteiger charge is 2.16. The van der Waals surface area contributed by atoms with Crippen molar-refractivity contribution in [2.24, 2.45) is 5.92 Å². The SMILES string of the molecule is CCC(CC)CC(O)c1cccc2cccnc12. The molecule has 0 amide bonds. The molecule has 0 spiro atoms. The zero-order chi connectivity index (χ0) is 13.0. The highest BCUT2D eigenvalue weighted by atomic mass is 16.3. The van der Waals surface area contributed by atoms with Gasteiger partial charge in [0.15, 0.2) is 0 Å². The summed E-state index contributed by atoms with van der Waals surface area (Å²) in [6.07, 6.45) is 4.43. The van der Waals surface area contributed by atoms with Crippen LogP contribution in [0.2, 0.25) is 0 Å². The summed E-state index contributed by atoms with van der Waals surface area (Å²) in [4.78, 5) is 4.40. The van der Waals surface area contributed by atoms with Gasteiger partial charge in [0.25, 0.3) is 0 Å². The zero-order valence-electron chi connectivity index (χ0n) is 11.1. The monoisotopic (exact) mass is 243 g/mol. The third kappa shape index (κ3) is 2.70. The molecule has 1 unspecified atom stereocenters. The Kier molecular flexibility index (Phi) is 4.32. The van der Waals surface area contributed by atoms with Crippen LogP contribution >= 0.6 is 0 Å². The van der Waals surface area contributed by atoms with Crippen LogP contribution in [0.5, 0.6) is 0 Å². The lowest BCUT2D eigenvalue weighted by Gasteiger charge is -2.18. The van der Waals surface area contributed by atoms with Gasteiger partial charge in [0.05, 0.1) is 11.6 Å². The predicted molar refractivity (Wildman–Crippen MR) is 75.4 cm³/mol. The van der Waals surface area contributed by atoms with Crippen molar-refractivity contribution in [1.29, 1.82) is 0 Å². The van der Waals surface area contributed by atoms with Crippen LogP contribution in [-0.4, -0.2) is 10.1 Å². The van der Waals surface area contributed by atoms with Crippen molar-refractivity contribution in [2.45, 2.75) is 39.2 Å². The molecule has 2 nitrogen and oxygen atoms in total. The van der Waals surface area contributed by atoms with E-state index in [2.05, 4.69) is 18.8 Å². The van der Waals surface area contributed by atoms with Gasteiger partial charge in [0, 0.05) is 17.1 Å². The Morgan fingerprint density at radius 3 is 2.56 bits per heavy atom. The van der Waals surface area contributed by atoms with E-state index in [4.69, 9.17) is 0 Å². The number of nitrogens with zero attached hydrogens (tertiary/aromatic N) is 1. The average Bonchev–Trinajstić information content (AvgIpc) is 2.43. The fraction of sp³-hybridized carbons (Fsp3) is 0.438. The Hall–Kier alpha value is -1.41. The first-order chi connectivity index (χ1) is 8.76. The van der Waals surface area contributed by atoms with Gasteiger partial charge in [0.1, 0.15) is 0 Å². The minimum atomic E-state index is -0.409. The van der Waals surface area contributed by atoms with Crippen LogP contribution in [0.25, 0.3) is 10.9 Å². The molecule has 1 heterocycles. The zero-order valence-corrected chi connectivity index (χ0v) is 11.1. The number of hydrogen-bond donors (Lipinski definition) is 1. The van der Waals surface area contributed by atoms with Crippen molar-refractivity contribution in [3.63, 3.8) is 0 Å². The highest BCUT2D eigenvalue weighted by Crippen LogP contribution is 2.29. The van der Waals surface area contributed by atoms with Crippen LogP contribution < -0.4 is 0 Å². The van der Waals surface area contributed by atoms with Gasteiger partial charge in [-0.05, 0) is 18.4 Å². The van der Waals surface area contributed by atoms with Crippen molar-refractivity contribution in [2.75, 3.05) is 0 Å². The van der Waals surface area contributed by atoms with Crippen LogP contribution in [0.3, 0.4) is 0 Å². The molecule has 2 aromatic rings. The molecule has 2 heteroatoms. The lowest BCUT2D eigenvalue weighted by molar-refractivity contribution is 0.142. The first-order valence-electron chi connectivity index (χ1n) is 6.78. The van der Waals surface area contributed by atoms with E-state index in [0.717, 1.165) is 35.7 Å². The van der Waals surface area contributed by atoms with Gasteiger partial charge < -0.3 is 5.11 Å². The molecule has 0 aliphatic carbocycles. The van der Waals surface area contributed by atoms with Crippen LogP contribution in [0.15, 0.2) is 36.5 Å². The van der Waals surface area contributed by atoms with Crippen LogP contribution in [0.4, 0.5) is 0 Å². The topological polar surface area (TPSA) is 33.1 Å². The number of pyridine rings is 1. The molecule has 0 aliphatic rings. The van der Waals surface area contributed by atoms with Gasteiger partial charge in [-0.25, -0.2) is 0 Å². The summed E-state index contributed by atoms with van der Waals surface area (Å²) in [7, 11) is 0. The summed E-state index contributed by atoms with van der Waals surface area (Å²) in [5.74, 6) is 0.582. The summed E-state index contributed by atoms with van der Waals surface area (Å²) in [5.41, 5.74) is 1.89. The maximum atomic E-state index is 10.4. The lowest BCUT2D eigenvalue weighted by atomic mass is 9.92. The first-order valence-corrected chi connectivity index (χ1v) is 6.78. The van der Waals surface area contributed by atoms with E-state index in [-0.39, 0.29) is 0 Å². The second-order valence-electron chi connectivity index (χ2n) is 4.86. The molecule has 1 aromatic heterocycles. The van der Waals surface area contributed by atoms with E-state index in [1.807, 2.05) is 30.3 Å². The van der Waals surface area contributed by atoms with E-state index in [9.17, 15) is 5.11 Å². The van der Waals surface area contributed by atoms with Crippen LogP contribution in [0, 0.1) is 5.92 Å². The summed E-state index contributed by atoms with van der Waals surface area (Å²) >= 11 is 0. The third-order valence-corrected chi connectivity index (χ3v) is 3.73. The highest BCUT2D eigenvalue weighted by molar-refractivity contribution is 5.81. The molecule has 1 aromatic carbocycles. The minimum absolute atomic E-state index is 0.409. The fourth-order valence-corrected chi connectivity index (χ4v) is 2.46. The number of rotatable bonds is 5. The Bertz CT molecular complexity index is 500. The summed E-state index contributed by atoms with van der Waals surface area (Å²) in [5, 5.41) is 11.5. The Balaban J connectivity index is 2.30. The molecule has 0 fully saturated rings. The van der Waals surface area contributed by atoms with Gasteiger partial charge >= 0.3 is 0 Å². The third-order valence-electron chi connectivity index (χ3n) is 3.73. The largest absolute Gasteiger partial charge is 0.388 e. The van der Waals surface area contributed by atoms with E-state index in [1.54, 1.807) is 6.20 Å². The second-order valence-corrected chi connectivity index (χ2v) is 4.86. The standard InChI is InChI=1S/C16H21NO/c1-3-12(4-2)11-15(18)14-9-5-7-13-8-6-10-17-16(13)14/h5-10,12,15,18H,3-4,11H2,1-2H3. The van der Waals surface area contributed by atoms with Crippen LogP contribution in [0.1, 0.15) is 44.8 Å². The number of fused-ring (bicyclic) bond motifs is 1. The Labute approximate surface area is 109 Å². The molecule has 96 valence electrons. The number of aliphatic hydroxyl groups excluding tert-OH is 1. The summed E-state index contributed by atoms with van der Waals surface area (Å²) in [6.45, 7) is 4.37. The molecule has 2 rings (SSSR count). The number of aliphatic hydroxyl groups is 1. The van der Waals surface area contributed by atoms with E-state index in [0.29, 0.717) is 5.92 Å². The van der Waals surface area contributed by atoms with Gasteiger partial charge in [-0.3, -0.25) is 4.98 Å². The molecule has 0 saturated carbocycles. The van der Waals surface area contributed by atoms with Crippen molar-refractivity contribution in [3.05, 3.63) is 42.1 Å². The number of para-hydroxylation sites is 1. The van der Waals surface area contributed by atoms with E-state index < -0.39 is 6.10 Å². The second kappa shape index (κ2) is 5.96. The molecule has 0 radical (unpaired) electrons. The molecular formula is C16H21NO. The average molecular weight is 243 g/mol. The van der Waals surface area contributed by atoms with Crippen LogP contribution in [-0.2, 0) is 0 Å². The van der Waals surface area contributed by atoms with Crippen molar-refractivity contribution in [1.82, 2.24) is 4.98 Å². The van der Waals surface area contributed by atoms with Gasteiger partial charge in [-0.2, -0.15) is 0 Å². The lowest BCUT2D eigenvalue weighted by Crippen LogP contribution is -2.06. The molecule has 18 heavy (non-hydrogen) atoms. The fourth-order valence-electron chi connectivity index (χ4n) is 2.46. The van der Waals surface area contributed by atoms with Gasteiger partial charge in [0.2, 0.25) is 0 Å². The van der Waals surface area contributed by atoms with Crippen molar-refractivity contribution < 1.29 is 5.11 Å². The smallest absolute Gasteiger partial charge is 0.0813 e. The number of aromatic nitrogens is 1. The summed E-state index contributed by atoms with van der Waals surface area (Å²) in [6, 6.07) is 9.99. The van der Waals surface area contributed by atoms with E-state index in [1.165, 1.54) is 0 Å². The normalized spacial score (nSPS) is 13.1. The maximum Gasteiger partial charge on any atom is 0.0813 e. The van der Waals surface area contributed by atoms with E-state index >= 15 is 0 Å². The molecule has 0 bridgehead atoms. The Morgan fingerprint density at radius 1 is 1.11 bits per heavy atom. The molecule has 0 saturated heterocycles. The van der Waals surface area contributed by atoms with Crippen molar-refractivity contribution >= 4 is 10.9 Å². The minimum Gasteiger partial charge on any atom is -0.388 e. The molecular weight excluding hydrogens is 222 g/mol. The number of benzene rings is 1. The summed E-state index contributed by atoms with van der Waals surface area (Å²) < 4.78 is 0. The molecule has 0 aliphatic heterocycles.